The second-order valence-corrected chi connectivity index (χ2v) is 9.63. The first-order valence-corrected chi connectivity index (χ1v) is 10.7. The number of hydrogen-bond acceptors (Lipinski definition) is 4. The predicted octanol–water partition coefficient (Wildman–Crippen LogP) is 4.80. The van der Waals surface area contributed by atoms with Gasteiger partial charge in [0.2, 0.25) is 11.8 Å². The zero-order valence-corrected chi connectivity index (χ0v) is 18.2. The molecule has 1 N–H and O–H groups in total. The molecule has 27 heavy (non-hydrogen) atoms. The van der Waals surface area contributed by atoms with Gasteiger partial charge in [-0.25, -0.2) is 4.98 Å². The van der Waals surface area contributed by atoms with Crippen LogP contribution in [0.1, 0.15) is 33.6 Å². The van der Waals surface area contributed by atoms with E-state index in [1.807, 2.05) is 55.3 Å². The van der Waals surface area contributed by atoms with Crippen molar-refractivity contribution in [1.29, 1.82) is 0 Å². The minimum atomic E-state index is -0.376. The number of halogens is 1. The number of hydrogen-bond donors (Lipinski definition) is 1. The molecule has 2 amide bonds. The number of nitrogens with one attached hydrogen (secondary N) is 1. The Balaban J connectivity index is 1.57. The number of nitrogens with zero attached hydrogens (tertiary/aromatic N) is 2. The third-order valence-corrected chi connectivity index (χ3v) is 5.90. The van der Waals surface area contributed by atoms with Crippen molar-refractivity contribution < 1.29 is 9.59 Å². The molecule has 0 unspecified atom stereocenters. The quantitative estimate of drug-likeness (QED) is 0.731. The Morgan fingerprint density at radius 2 is 1.96 bits per heavy atom. The minimum absolute atomic E-state index is 0.00648. The number of carbonyl (C=O) groups excluding carboxylic acids is 2. The molecule has 5 nitrogen and oxygen atoms in total. The normalized spacial score (nSPS) is 15.6. The van der Waals surface area contributed by atoms with Crippen LogP contribution in [0.5, 0.6) is 0 Å². The van der Waals surface area contributed by atoms with Crippen LogP contribution in [-0.4, -0.2) is 34.8 Å². The van der Waals surface area contributed by atoms with Crippen molar-refractivity contribution in [3.05, 3.63) is 34.1 Å². The van der Waals surface area contributed by atoms with Gasteiger partial charge >= 0.3 is 0 Å². The SMILES string of the molecule is CC(C)(C)C(=O)N1CCC(C(=O)Nc2nc(-c3cccc(Br)c3)cs2)CC1. The van der Waals surface area contributed by atoms with Crippen LogP contribution >= 0.6 is 27.3 Å². The summed E-state index contributed by atoms with van der Waals surface area (Å²) in [6.07, 6.45) is 1.38. The molecule has 2 aromatic rings. The van der Waals surface area contributed by atoms with Gasteiger partial charge in [0, 0.05) is 39.8 Å². The highest BCUT2D eigenvalue weighted by Crippen LogP contribution is 2.28. The standard InChI is InChI=1S/C20H24BrN3O2S/c1-20(2,3)18(26)24-9-7-13(8-10-24)17(25)23-19-22-16(12-27-19)14-5-4-6-15(21)11-14/h4-6,11-13H,7-10H2,1-3H3,(H,22,23,25). The Morgan fingerprint density at radius 3 is 2.59 bits per heavy atom. The summed E-state index contributed by atoms with van der Waals surface area (Å²) in [5.74, 6) is 0.0696. The lowest BCUT2D eigenvalue weighted by atomic mass is 9.91. The maximum absolute atomic E-state index is 12.6. The van der Waals surface area contributed by atoms with Crippen molar-refractivity contribution in [3.63, 3.8) is 0 Å². The first-order chi connectivity index (χ1) is 12.7. The van der Waals surface area contributed by atoms with E-state index in [4.69, 9.17) is 0 Å². The fourth-order valence-corrected chi connectivity index (χ4v) is 4.26. The van der Waals surface area contributed by atoms with Crippen LogP contribution in [-0.2, 0) is 9.59 Å². The maximum atomic E-state index is 12.6. The van der Waals surface area contributed by atoms with Gasteiger partial charge in [-0.3, -0.25) is 9.59 Å². The van der Waals surface area contributed by atoms with E-state index >= 15 is 0 Å². The summed E-state index contributed by atoms with van der Waals surface area (Å²) in [5.41, 5.74) is 1.48. The fourth-order valence-electron chi connectivity index (χ4n) is 3.14. The van der Waals surface area contributed by atoms with Gasteiger partial charge in [0.1, 0.15) is 0 Å². The van der Waals surface area contributed by atoms with Gasteiger partial charge < -0.3 is 10.2 Å². The molecular formula is C20H24BrN3O2S. The number of aromatic nitrogens is 1. The summed E-state index contributed by atoms with van der Waals surface area (Å²) in [4.78, 5) is 31.4. The van der Waals surface area contributed by atoms with Crippen LogP contribution < -0.4 is 5.32 Å². The Bertz CT molecular complexity index is 836. The Hall–Kier alpha value is -1.73. The van der Waals surface area contributed by atoms with E-state index in [-0.39, 0.29) is 23.1 Å². The molecule has 0 spiro atoms. The molecule has 2 heterocycles. The molecule has 1 aliphatic rings. The number of thiazole rings is 1. The van der Waals surface area contributed by atoms with Crippen molar-refractivity contribution in [2.24, 2.45) is 11.3 Å². The van der Waals surface area contributed by atoms with Gasteiger partial charge in [0.25, 0.3) is 0 Å². The molecule has 144 valence electrons. The summed E-state index contributed by atoms with van der Waals surface area (Å²) in [7, 11) is 0. The lowest BCUT2D eigenvalue weighted by molar-refractivity contribution is -0.142. The summed E-state index contributed by atoms with van der Waals surface area (Å²) < 4.78 is 0.996. The van der Waals surface area contributed by atoms with Crippen molar-refractivity contribution in [2.75, 3.05) is 18.4 Å². The van der Waals surface area contributed by atoms with Crippen molar-refractivity contribution >= 4 is 44.2 Å². The largest absolute Gasteiger partial charge is 0.342 e. The zero-order valence-electron chi connectivity index (χ0n) is 15.8. The Kier molecular flexibility index (Phi) is 6.01. The lowest BCUT2D eigenvalue weighted by Crippen LogP contribution is -2.45. The summed E-state index contributed by atoms with van der Waals surface area (Å²) in [6, 6.07) is 7.93. The van der Waals surface area contributed by atoms with E-state index in [0.717, 1.165) is 15.7 Å². The molecule has 0 atom stereocenters. The number of likely N-dealkylation sites (tertiary alicyclic amines) is 1. The second kappa shape index (κ2) is 8.10. The number of anilines is 1. The van der Waals surface area contributed by atoms with Crippen molar-refractivity contribution in [2.45, 2.75) is 33.6 Å². The molecule has 1 aromatic heterocycles. The molecule has 1 fully saturated rings. The van der Waals surface area contributed by atoms with E-state index in [0.29, 0.717) is 31.1 Å². The average Bonchev–Trinajstić information content (AvgIpc) is 3.09. The Labute approximate surface area is 172 Å². The monoisotopic (exact) mass is 449 g/mol. The molecule has 1 aromatic carbocycles. The lowest BCUT2D eigenvalue weighted by Gasteiger charge is -2.35. The molecule has 0 bridgehead atoms. The third kappa shape index (κ3) is 4.96. The average molecular weight is 450 g/mol. The maximum Gasteiger partial charge on any atom is 0.229 e. The van der Waals surface area contributed by atoms with Crippen LogP contribution in [0, 0.1) is 11.3 Å². The van der Waals surface area contributed by atoms with Crippen LogP contribution in [0.2, 0.25) is 0 Å². The molecule has 1 aliphatic heterocycles. The van der Waals surface area contributed by atoms with Gasteiger partial charge in [-0.1, -0.05) is 48.8 Å². The van der Waals surface area contributed by atoms with Gasteiger partial charge in [0.15, 0.2) is 5.13 Å². The van der Waals surface area contributed by atoms with Gasteiger partial charge in [-0.15, -0.1) is 11.3 Å². The van der Waals surface area contributed by atoms with Gasteiger partial charge in [-0.2, -0.15) is 0 Å². The van der Waals surface area contributed by atoms with Crippen LogP contribution in [0.15, 0.2) is 34.1 Å². The van der Waals surface area contributed by atoms with Crippen LogP contribution in [0.25, 0.3) is 11.3 Å². The molecule has 1 saturated heterocycles. The highest BCUT2D eigenvalue weighted by molar-refractivity contribution is 9.10. The minimum Gasteiger partial charge on any atom is -0.342 e. The van der Waals surface area contributed by atoms with E-state index in [2.05, 4.69) is 26.2 Å². The van der Waals surface area contributed by atoms with Gasteiger partial charge in [-0.05, 0) is 25.0 Å². The first kappa shape index (κ1) is 20.0. The smallest absolute Gasteiger partial charge is 0.229 e. The third-order valence-electron chi connectivity index (χ3n) is 4.65. The Morgan fingerprint density at radius 1 is 1.26 bits per heavy atom. The summed E-state index contributed by atoms with van der Waals surface area (Å²) in [5, 5.41) is 5.50. The van der Waals surface area contributed by atoms with E-state index < -0.39 is 0 Å². The first-order valence-electron chi connectivity index (χ1n) is 9.06. The number of amides is 2. The molecule has 3 rings (SSSR count). The number of rotatable bonds is 3. The molecule has 7 heteroatoms. The van der Waals surface area contributed by atoms with E-state index in [1.165, 1.54) is 11.3 Å². The molecule has 0 radical (unpaired) electrons. The number of carbonyl (C=O) groups is 2. The molecule has 0 aliphatic carbocycles. The van der Waals surface area contributed by atoms with Crippen molar-refractivity contribution in [1.82, 2.24) is 9.88 Å². The summed E-state index contributed by atoms with van der Waals surface area (Å²) >= 11 is 4.89. The molecule has 0 saturated carbocycles. The van der Waals surface area contributed by atoms with Gasteiger partial charge in [0.05, 0.1) is 5.69 Å². The summed E-state index contributed by atoms with van der Waals surface area (Å²) in [6.45, 7) is 7.06. The zero-order chi connectivity index (χ0) is 19.6. The predicted molar refractivity (Wildman–Crippen MR) is 113 cm³/mol. The van der Waals surface area contributed by atoms with Crippen LogP contribution in [0.3, 0.4) is 0 Å². The fraction of sp³-hybridized carbons (Fsp3) is 0.450. The molecular weight excluding hydrogens is 426 g/mol. The topological polar surface area (TPSA) is 62.3 Å². The number of piperidine rings is 1. The van der Waals surface area contributed by atoms with E-state index in [1.54, 1.807) is 0 Å². The highest BCUT2D eigenvalue weighted by Gasteiger charge is 2.32. The highest BCUT2D eigenvalue weighted by atomic mass is 79.9. The van der Waals surface area contributed by atoms with Crippen LogP contribution in [0.4, 0.5) is 5.13 Å². The van der Waals surface area contributed by atoms with Crippen molar-refractivity contribution in [3.8, 4) is 11.3 Å². The second-order valence-electron chi connectivity index (χ2n) is 7.85. The van der Waals surface area contributed by atoms with E-state index in [9.17, 15) is 9.59 Å². The number of benzene rings is 1.